The van der Waals surface area contributed by atoms with Gasteiger partial charge in [-0.1, -0.05) is 40.5 Å². The highest BCUT2D eigenvalue weighted by molar-refractivity contribution is 5.98. The molecular weight excluding hydrogens is 508 g/mol. The van der Waals surface area contributed by atoms with Gasteiger partial charge >= 0.3 is 0 Å². The van der Waals surface area contributed by atoms with Crippen LogP contribution in [0.5, 0.6) is 5.75 Å². The van der Waals surface area contributed by atoms with Gasteiger partial charge in [-0.05, 0) is 112 Å². The van der Waals surface area contributed by atoms with Gasteiger partial charge in [0.15, 0.2) is 0 Å². The van der Waals surface area contributed by atoms with Crippen LogP contribution in [0.15, 0.2) is 42.5 Å². The molecule has 2 aromatic carbocycles. The molecule has 0 radical (unpaired) electrons. The van der Waals surface area contributed by atoms with Crippen LogP contribution >= 0.6 is 0 Å². The van der Waals surface area contributed by atoms with Gasteiger partial charge in [-0.25, -0.2) is 4.98 Å². The number of carbonyl (C=O) groups excluding carboxylic acids is 1. The minimum atomic E-state index is 0.133. The number of methoxy groups -OCH3 is 1. The first-order valence-corrected chi connectivity index (χ1v) is 16.0. The number of aryl methyl sites for hydroxylation is 1. The molecule has 0 bridgehead atoms. The van der Waals surface area contributed by atoms with Gasteiger partial charge in [0, 0.05) is 30.8 Å². The van der Waals surface area contributed by atoms with E-state index in [0.717, 1.165) is 72.6 Å². The number of fused-ring (bicyclic) bond motifs is 1. The maximum atomic E-state index is 13.8. The molecule has 224 valence electrons. The van der Waals surface area contributed by atoms with E-state index in [0.29, 0.717) is 11.8 Å². The third-order valence-corrected chi connectivity index (χ3v) is 8.39. The first-order valence-electron chi connectivity index (χ1n) is 16.0. The Balaban J connectivity index is 1.57. The summed E-state index contributed by atoms with van der Waals surface area (Å²) >= 11 is 0. The molecule has 1 amide bonds. The number of piperidine rings is 1. The molecule has 2 heterocycles. The lowest BCUT2D eigenvalue weighted by Crippen LogP contribution is -2.34. The van der Waals surface area contributed by atoms with E-state index in [2.05, 4.69) is 60.3 Å². The van der Waals surface area contributed by atoms with Gasteiger partial charge in [0.05, 0.1) is 18.1 Å². The van der Waals surface area contributed by atoms with Crippen molar-refractivity contribution in [2.75, 3.05) is 39.8 Å². The molecule has 0 atom stereocenters. The number of amides is 1. The van der Waals surface area contributed by atoms with Crippen LogP contribution in [0.4, 0.5) is 0 Å². The molecule has 1 aliphatic heterocycles. The summed E-state index contributed by atoms with van der Waals surface area (Å²) in [6.07, 6.45) is 9.63. The summed E-state index contributed by atoms with van der Waals surface area (Å²) in [5, 5.41) is 0. The molecule has 0 spiro atoms. The first-order chi connectivity index (χ1) is 19.9. The largest absolute Gasteiger partial charge is 0.497 e. The zero-order valence-electron chi connectivity index (χ0n) is 26.2. The molecule has 1 fully saturated rings. The molecule has 1 aromatic heterocycles. The molecular formula is C35H52N4O2. The normalized spacial score (nSPS) is 14.3. The molecule has 0 aliphatic carbocycles. The van der Waals surface area contributed by atoms with Gasteiger partial charge in [0.2, 0.25) is 0 Å². The zero-order chi connectivity index (χ0) is 29.2. The number of hydrogen-bond donors (Lipinski definition) is 0. The SMILES string of the molecule is COc1ccc(-c2nc3ccc(C(=O)N(CCC(C)C)CCC(C)C)cc3n2CCCCCN2CCCCC2)cc1. The van der Waals surface area contributed by atoms with E-state index in [1.807, 2.05) is 24.3 Å². The molecule has 41 heavy (non-hydrogen) atoms. The molecule has 6 heteroatoms. The lowest BCUT2D eigenvalue weighted by Gasteiger charge is -2.26. The highest BCUT2D eigenvalue weighted by atomic mass is 16.5. The summed E-state index contributed by atoms with van der Waals surface area (Å²) in [7, 11) is 1.69. The Hall–Kier alpha value is -2.86. The number of ether oxygens (including phenoxy) is 1. The Kier molecular flexibility index (Phi) is 11.7. The van der Waals surface area contributed by atoms with Crippen molar-refractivity contribution in [3.05, 3.63) is 48.0 Å². The number of aromatic nitrogens is 2. The van der Waals surface area contributed by atoms with Gasteiger partial charge in [0.25, 0.3) is 5.91 Å². The van der Waals surface area contributed by atoms with Crippen molar-refractivity contribution in [2.45, 2.75) is 85.6 Å². The molecule has 0 N–H and O–H groups in total. The van der Waals surface area contributed by atoms with Crippen molar-refractivity contribution >= 4 is 16.9 Å². The Labute approximate surface area is 248 Å². The number of unbranched alkanes of at least 4 members (excludes halogenated alkanes) is 2. The van der Waals surface area contributed by atoms with Crippen LogP contribution in [0.2, 0.25) is 0 Å². The second kappa shape index (κ2) is 15.4. The van der Waals surface area contributed by atoms with Crippen molar-refractivity contribution in [1.82, 2.24) is 19.4 Å². The lowest BCUT2D eigenvalue weighted by atomic mass is 10.1. The zero-order valence-corrected chi connectivity index (χ0v) is 26.2. The van der Waals surface area contributed by atoms with Gasteiger partial charge in [-0.2, -0.15) is 0 Å². The summed E-state index contributed by atoms with van der Waals surface area (Å²) in [6.45, 7) is 15.1. The predicted molar refractivity (Wildman–Crippen MR) is 171 cm³/mol. The molecule has 1 aliphatic rings. The van der Waals surface area contributed by atoms with Crippen LogP contribution in [-0.4, -0.2) is 65.1 Å². The molecule has 1 saturated heterocycles. The van der Waals surface area contributed by atoms with Gasteiger partial charge in [-0.3, -0.25) is 4.79 Å². The van der Waals surface area contributed by atoms with Crippen molar-refractivity contribution < 1.29 is 9.53 Å². The van der Waals surface area contributed by atoms with Crippen molar-refractivity contribution in [3.63, 3.8) is 0 Å². The van der Waals surface area contributed by atoms with E-state index in [1.165, 1.54) is 51.7 Å². The lowest BCUT2D eigenvalue weighted by molar-refractivity contribution is 0.0741. The van der Waals surface area contributed by atoms with E-state index in [-0.39, 0.29) is 5.91 Å². The number of nitrogens with zero attached hydrogens (tertiary/aromatic N) is 4. The number of imidazole rings is 1. The van der Waals surface area contributed by atoms with E-state index < -0.39 is 0 Å². The van der Waals surface area contributed by atoms with E-state index in [4.69, 9.17) is 9.72 Å². The third-order valence-electron chi connectivity index (χ3n) is 8.39. The summed E-state index contributed by atoms with van der Waals surface area (Å²) < 4.78 is 7.73. The van der Waals surface area contributed by atoms with E-state index in [9.17, 15) is 4.79 Å². The molecule has 0 unspecified atom stereocenters. The minimum absolute atomic E-state index is 0.133. The Morgan fingerprint density at radius 3 is 2.17 bits per heavy atom. The monoisotopic (exact) mass is 560 g/mol. The number of benzene rings is 2. The highest BCUT2D eigenvalue weighted by Crippen LogP contribution is 2.28. The topological polar surface area (TPSA) is 50.6 Å². The van der Waals surface area contributed by atoms with Gasteiger partial charge < -0.3 is 19.1 Å². The molecule has 0 saturated carbocycles. The smallest absolute Gasteiger partial charge is 0.253 e. The van der Waals surface area contributed by atoms with Crippen LogP contribution in [0.1, 0.15) is 89.4 Å². The number of carbonyl (C=O) groups is 1. The highest BCUT2D eigenvalue weighted by Gasteiger charge is 2.20. The molecule has 4 rings (SSSR count). The average molecular weight is 561 g/mol. The van der Waals surface area contributed by atoms with Crippen molar-refractivity contribution in [3.8, 4) is 17.1 Å². The predicted octanol–water partition coefficient (Wildman–Crippen LogP) is 7.90. The van der Waals surface area contributed by atoms with Crippen LogP contribution in [0.25, 0.3) is 22.4 Å². The fraction of sp³-hybridized carbons (Fsp3) is 0.600. The molecule has 3 aromatic rings. The van der Waals surface area contributed by atoms with Gasteiger partial charge in [0.1, 0.15) is 11.6 Å². The summed E-state index contributed by atoms with van der Waals surface area (Å²) in [4.78, 5) is 23.6. The summed E-state index contributed by atoms with van der Waals surface area (Å²) in [6, 6.07) is 14.2. The second-order valence-electron chi connectivity index (χ2n) is 12.6. The Bertz CT molecular complexity index is 1210. The fourth-order valence-corrected chi connectivity index (χ4v) is 5.73. The maximum Gasteiger partial charge on any atom is 0.253 e. The standard InChI is InChI=1S/C35H52N4O2/c1-27(2)18-24-38(25-19-28(3)4)35(40)30-14-17-32-33(26-30)39(23-11-7-10-22-37-20-8-6-9-21-37)34(36-32)29-12-15-31(41-5)16-13-29/h12-17,26-28H,6-11,18-25H2,1-5H3. The quantitative estimate of drug-likeness (QED) is 0.177. The van der Waals surface area contributed by atoms with E-state index in [1.54, 1.807) is 7.11 Å². The average Bonchev–Trinajstić information content (AvgIpc) is 3.34. The number of hydrogen-bond acceptors (Lipinski definition) is 4. The van der Waals surface area contributed by atoms with Crippen molar-refractivity contribution in [1.29, 1.82) is 0 Å². The second-order valence-corrected chi connectivity index (χ2v) is 12.6. The Morgan fingerprint density at radius 2 is 1.54 bits per heavy atom. The third kappa shape index (κ3) is 8.81. The molecule has 6 nitrogen and oxygen atoms in total. The fourth-order valence-electron chi connectivity index (χ4n) is 5.73. The summed E-state index contributed by atoms with van der Waals surface area (Å²) in [5.41, 5.74) is 3.82. The first kappa shape index (κ1) is 31.1. The number of likely N-dealkylation sites (tertiary alicyclic amines) is 1. The summed E-state index contributed by atoms with van der Waals surface area (Å²) in [5.74, 6) is 3.06. The minimum Gasteiger partial charge on any atom is -0.497 e. The van der Waals surface area contributed by atoms with E-state index >= 15 is 0 Å². The van der Waals surface area contributed by atoms with Crippen LogP contribution in [0.3, 0.4) is 0 Å². The van der Waals surface area contributed by atoms with Gasteiger partial charge in [-0.15, -0.1) is 0 Å². The van der Waals surface area contributed by atoms with Crippen LogP contribution < -0.4 is 4.74 Å². The Morgan fingerprint density at radius 1 is 0.878 bits per heavy atom. The van der Waals surface area contributed by atoms with Crippen LogP contribution in [-0.2, 0) is 6.54 Å². The number of rotatable bonds is 15. The van der Waals surface area contributed by atoms with Crippen molar-refractivity contribution in [2.24, 2.45) is 11.8 Å². The maximum absolute atomic E-state index is 13.8. The van der Waals surface area contributed by atoms with Crippen LogP contribution in [0, 0.1) is 11.8 Å².